The van der Waals surface area contributed by atoms with Gasteiger partial charge in [-0.05, 0) is 45.0 Å². The van der Waals surface area contributed by atoms with Crippen LogP contribution in [0.25, 0.3) is 0 Å². The number of ether oxygens (including phenoxy) is 2. The van der Waals surface area contributed by atoms with Gasteiger partial charge in [0.05, 0.1) is 11.3 Å². The van der Waals surface area contributed by atoms with Crippen LogP contribution in [-0.4, -0.2) is 22.9 Å². The van der Waals surface area contributed by atoms with E-state index in [0.29, 0.717) is 28.4 Å². The van der Waals surface area contributed by atoms with Crippen LogP contribution in [0.2, 0.25) is 0 Å². The van der Waals surface area contributed by atoms with E-state index in [1.165, 1.54) is 6.20 Å². The van der Waals surface area contributed by atoms with E-state index in [-0.39, 0.29) is 0 Å². The van der Waals surface area contributed by atoms with Gasteiger partial charge >= 0.3 is 6.09 Å². The normalized spacial score (nSPS) is 10.5. The van der Waals surface area contributed by atoms with E-state index < -0.39 is 11.7 Å². The number of nitrogens with zero attached hydrogens (tertiary/aromatic N) is 2. The number of anilines is 1. The van der Waals surface area contributed by atoms with Crippen LogP contribution in [-0.2, 0) is 4.74 Å². The first-order valence-electron chi connectivity index (χ1n) is 7.49. The van der Waals surface area contributed by atoms with Crippen molar-refractivity contribution in [1.82, 2.24) is 4.98 Å². The van der Waals surface area contributed by atoms with Gasteiger partial charge in [0, 0.05) is 24.0 Å². The average molecular weight is 338 g/mol. The molecule has 2 aromatic rings. The van der Waals surface area contributed by atoms with E-state index in [1.54, 1.807) is 51.1 Å². The minimum atomic E-state index is -0.612. The second-order valence-corrected chi connectivity index (χ2v) is 6.12. The number of hydrogen-bond donors (Lipinski definition) is 2. The number of rotatable bonds is 4. The summed E-state index contributed by atoms with van der Waals surface area (Å²) in [7, 11) is 0. The van der Waals surface area contributed by atoms with E-state index in [2.05, 4.69) is 10.3 Å². The Labute approximate surface area is 145 Å². The van der Waals surface area contributed by atoms with Crippen molar-refractivity contribution in [3.05, 3.63) is 47.7 Å². The molecule has 7 heteroatoms. The Hall–Kier alpha value is -3.40. The molecule has 2 rings (SSSR count). The molecule has 0 aliphatic carbocycles. The third-order valence-electron chi connectivity index (χ3n) is 2.90. The van der Waals surface area contributed by atoms with Gasteiger partial charge in [-0.15, -0.1) is 0 Å². The molecule has 25 heavy (non-hydrogen) atoms. The summed E-state index contributed by atoms with van der Waals surface area (Å²) in [6.45, 7) is 5.31. The van der Waals surface area contributed by atoms with Crippen molar-refractivity contribution in [2.45, 2.75) is 26.4 Å². The predicted molar refractivity (Wildman–Crippen MR) is 93.2 cm³/mol. The van der Waals surface area contributed by atoms with Crippen LogP contribution in [0.5, 0.6) is 11.6 Å². The van der Waals surface area contributed by atoms with Crippen molar-refractivity contribution in [1.29, 1.82) is 10.7 Å². The first-order valence-corrected chi connectivity index (χ1v) is 7.49. The van der Waals surface area contributed by atoms with Gasteiger partial charge in [-0.1, -0.05) is 0 Å². The summed E-state index contributed by atoms with van der Waals surface area (Å²) >= 11 is 0. The third kappa shape index (κ3) is 5.32. The Morgan fingerprint density at radius 2 is 2.08 bits per heavy atom. The van der Waals surface area contributed by atoms with Gasteiger partial charge < -0.3 is 14.9 Å². The molecular formula is C18H18N4O3. The molecule has 0 radical (unpaired) electrons. The Morgan fingerprint density at radius 3 is 2.64 bits per heavy atom. The van der Waals surface area contributed by atoms with Crippen LogP contribution in [0.1, 0.15) is 31.9 Å². The standard InChI is InChI=1S/C18H18N4O3/c1-18(2,3)25-17(23)22-15-6-5-14(8-13(15)10-20)24-16-7-4-12(9-19)11-21-16/h4-8,10-11,20H,1-3H3,(H,22,23). The molecule has 1 aromatic carbocycles. The summed E-state index contributed by atoms with van der Waals surface area (Å²) in [6.07, 6.45) is 1.91. The zero-order chi connectivity index (χ0) is 18.4. The van der Waals surface area contributed by atoms with Crippen LogP contribution in [0.3, 0.4) is 0 Å². The van der Waals surface area contributed by atoms with Gasteiger partial charge in [0.2, 0.25) is 5.88 Å². The fourth-order valence-electron chi connectivity index (χ4n) is 1.88. The number of carbonyl (C=O) groups is 1. The van der Waals surface area contributed by atoms with Crippen LogP contribution in [0, 0.1) is 16.7 Å². The predicted octanol–water partition coefficient (Wildman–Crippen LogP) is 4.09. The Kier molecular flexibility index (Phi) is 5.35. The lowest BCUT2D eigenvalue weighted by Crippen LogP contribution is -2.27. The lowest BCUT2D eigenvalue weighted by Gasteiger charge is -2.20. The number of nitrogens with one attached hydrogen (secondary N) is 2. The van der Waals surface area contributed by atoms with Crippen molar-refractivity contribution in [2.75, 3.05) is 5.32 Å². The van der Waals surface area contributed by atoms with Crippen LogP contribution in [0.4, 0.5) is 10.5 Å². The first kappa shape index (κ1) is 17.9. The molecule has 1 heterocycles. The van der Waals surface area contributed by atoms with Crippen molar-refractivity contribution >= 4 is 18.0 Å². The highest BCUT2D eigenvalue weighted by Crippen LogP contribution is 2.25. The molecule has 0 saturated heterocycles. The molecule has 0 fully saturated rings. The van der Waals surface area contributed by atoms with Crippen molar-refractivity contribution in [3.8, 4) is 17.7 Å². The molecule has 128 valence electrons. The minimum absolute atomic E-state index is 0.322. The van der Waals surface area contributed by atoms with Gasteiger partial charge in [0.15, 0.2) is 0 Å². The second kappa shape index (κ2) is 7.45. The van der Waals surface area contributed by atoms with Crippen LogP contribution in [0.15, 0.2) is 36.5 Å². The average Bonchev–Trinajstić information content (AvgIpc) is 2.55. The number of aromatic nitrogens is 1. The van der Waals surface area contributed by atoms with Gasteiger partial charge in [0.25, 0.3) is 0 Å². The summed E-state index contributed by atoms with van der Waals surface area (Å²) < 4.78 is 10.8. The van der Waals surface area contributed by atoms with Gasteiger partial charge in [-0.25, -0.2) is 9.78 Å². The van der Waals surface area contributed by atoms with Gasteiger partial charge in [0.1, 0.15) is 17.4 Å². The summed E-state index contributed by atoms with van der Waals surface area (Å²) in [6, 6.07) is 10.0. The molecule has 1 amide bonds. The monoisotopic (exact) mass is 338 g/mol. The van der Waals surface area contributed by atoms with E-state index in [4.69, 9.17) is 20.1 Å². The fourth-order valence-corrected chi connectivity index (χ4v) is 1.88. The van der Waals surface area contributed by atoms with E-state index in [0.717, 1.165) is 6.21 Å². The van der Waals surface area contributed by atoms with Crippen molar-refractivity contribution in [3.63, 3.8) is 0 Å². The summed E-state index contributed by atoms with van der Waals surface area (Å²) in [5.74, 6) is 0.772. The molecular weight excluding hydrogens is 320 g/mol. The van der Waals surface area contributed by atoms with Gasteiger partial charge in [-0.2, -0.15) is 5.26 Å². The molecule has 0 aliphatic rings. The van der Waals surface area contributed by atoms with Crippen LogP contribution < -0.4 is 10.1 Å². The Balaban J connectivity index is 2.14. The molecule has 0 bridgehead atoms. The number of nitriles is 1. The maximum atomic E-state index is 11.9. The number of hydrogen-bond acceptors (Lipinski definition) is 6. The highest BCUT2D eigenvalue weighted by Gasteiger charge is 2.17. The fraction of sp³-hybridized carbons (Fsp3) is 0.222. The minimum Gasteiger partial charge on any atom is -0.444 e. The van der Waals surface area contributed by atoms with E-state index in [1.807, 2.05) is 6.07 Å². The zero-order valence-electron chi connectivity index (χ0n) is 14.2. The molecule has 0 saturated carbocycles. The summed E-state index contributed by atoms with van der Waals surface area (Å²) in [5, 5.41) is 18.9. The number of amides is 1. The smallest absolute Gasteiger partial charge is 0.412 e. The Bertz CT molecular complexity index is 818. The largest absolute Gasteiger partial charge is 0.444 e. The zero-order valence-corrected chi connectivity index (χ0v) is 14.2. The SMILES string of the molecule is CC(C)(C)OC(=O)Nc1ccc(Oc2ccc(C#N)cn2)cc1C=N. The third-order valence-corrected chi connectivity index (χ3v) is 2.90. The number of carbonyl (C=O) groups excluding carboxylic acids is 1. The topological polar surface area (TPSA) is 108 Å². The molecule has 1 aromatic heterocycles. The quantitative estimate of drug-likeness (QED) is 0.816. The summed E-state index contributed by atoms with van der Waals surface area (Å²) in [5.41, 5.74) is 0.713. The lowest BCUT2D eigenvalue weighted by molar-refractivity contribution is 0.0636. The number of pyridine rings is 1. The lowest BCUT2D eigenvalue weighted by atomic mass is 10.2. The molecule has 7 nitrogen and oxygen atoms in total. The molecule has 2 N–H and O–H groups in total. The van der Waals surface area contributed by atoms with E-state index in [9.17, 15) is 4.79 Å². The second-order valence-electron chi connectivity index (χ2n) is 6.12. The summed E-state index contributed by atoms with van der Waals surface area (Å²) in [4.78, 5) is 15.9. The Morgan fingerprint density at radius 1 is 1.32 bits per heavy atom. The maximum absolute atomic E-state index is 11.9. The first-order chi connectivity index (χ1) is 11.8. The van der Waals surface area contributed by atoms with E-state index >= 15 is 0 Å². The van der Waals surface area contributed by atoms with Crippen LogP contribution >= 0.6 is 0 Å². The maximum Gasteiger partial charge on any atom is 0.412 e. The molecule has 0 atom stereocenters. The van der Waals surface area contributed by atoms with Crippen molar-refractivity contribution in [2.24, 2.45) is 0 Å². The molecule has 0 spiro atoms. The van der Waals surface area contributed by atoms with Crippen molar-refractivity contribution < 1.29 is 14.3 Å². The highest BCUT2D eigenvalue weighted by atomic mass is 16.6. The molecule has 0 aliphatic heterocycles. The van der Waals surface area contributed by atoms with Gasteiger partial charge in [-0.3, -0.25) is 5.32 Å². The molecule has 0 unspecified atom stereocenters. The highest BCUT2D eigenvalue weighted by molar-refractivity contribution is 5.94. The number of benzene rings is 1.